The summed E-state index contributed by atoms with van der Waals surface area (Å²) in [5, 5.41) is 9.05. The number of hydrogen-bond donors (Lipinski definition) is 1. The molecule has 100 valence electrons. The highest BCUT2D eigenvalue weighted by Gasteiger charge is 2.42. The minimum Gasteiger partial charge on any atom is -0.480 e. The standard InChI is InChI=1S/C10H19NO5S/c1-3-16-6-7-17(14,15)11-5-4-8(2)9(11)10(12)13/h8-9H,3-7H2,1-2H3,(H,12,13). The van der Waals surface area contributed by atoms with Crippen LogP contribution >= 0.6 is 0 Å². The van der Waals surface area contributed by atoms with Gasteiger partial charge in [0.05, 0.1) is 12.4 Å². The number of carboxylic acid groups (broad SMARTS) is 1. The molecule has 17 heavy (non-hydrogen) atoms. The van der Waals surface area contributed by atoms with Crippen LogP contribution in [0.2, 0.25) is 0 Å². The maximum atomic E-state index is 12.0. The van der Waals surface area contributed by atoms with Gasteiger partial charge in [0.2, 0.25) is 10.0 Å². The first kappa shape index (κ1) is 14.4. The molecule has 7 heteroatoms. The average molecular weight is 265 g/mol. The second kappa shape index (κ2) is 5.79. The molecule has 1 fully saturated rings. The third-order valence-corrected chi connectivity index (χ3v) is 4.76. The lowest BCUT2D eigenvalue weighted by Gasteiger charge is -2.22. The van der Waals surface area contributed by atoms with Gasteiger partial charge in [-0.3, -0.25) is 4.79 Å². The van der Waals surface area contributed by atoms with Gasteiger partial charge in [-0.2, -0.15) is 4.31 Å². The summed E-state index contributed by atoms with van der Waals surface area (Å²) in [4.78, 5) is 11.1. The van der Waals surface area contributed by atoms with Crippen LogP contribution in [-0.4, -0.2) is 55.4 Å². The van der Waals surface area contributed by atoms with Crippen LogP contribution in [0.5, 0.6) is 0 Å². The first-order valence-electron chi connectivity index (χ1n) is 5.70. The topological polar surface area (TPSA) is 83.9 Å². The number of nitrogens with zero attached hydrogens (tertiary/aromatic N) is 1. The fourth-order valence-electron chi connectivity index (χ4n) is 2.02. The number of sulfonamides is 1. The van der Waals surface area contributed by atoms with E-state index in [1.165, 1.54) is 0 Å². The number of hydrogen-bond acceptors (Lipinski definition) is 4. The molecular weight excluding hydrogens is 246 g/mol. The molecule has 0 aromatic heterocycles. The third kappa shape index (κ3) is 3.40. The number of ether oxygens (including phenoxy) is 1. The summed E-state index contributed by atoms with van der Waals surface area (Å²) in [6.07, 6.45) is 0.588. The zero-order valence-corrected chi connectivity index (χ0v) is 10.9. The Balaban J connectivity index is 2.73. The van der Waals surface area contributed by atoms with E-state index in [1.807, 2.05) is 0 Å². The van der Waals surface area contributed by atoms with Gasteiger partial charge in [0.15, 0.2) is 0 Å². The largest absolute Gasteiger partial charge is 0.480 e. The Morgan fingerprint density at radius 1 is 1.53 bits per heavy atom. The van der Waals surface area contributed by atoms with E-state index < -0.39 is 22.0 Å². The Kier molecular flexibility index (Phi) is 4.91. The minimum atomic E-state index is -3.53. The Morgan fingerprint density at radius 2 is 2.18 bits per heavy atom. The van der Waals surface area contributed by atoms with Crippen molar-refractivity contribution in [1.29, 1.82) is 0 Å². The average Bonchev–Trinajstić information content (AvgIpc) is 2.61. The molecule has 1 aliphatic heterocycles. The maximum absolute atomic E-state index is 12.0. The highest BCUT2D eigenvalue weighted by molar-refractivity contribution is 7.89. The molecule has 0 aromatic rings. The van der Waals surface area contributed by atoms with Gasteiger partial charge in [-0.15, -0.1) is 0 Å². The van der Waals surface area contributed by atoms with Gasteiger partial charge in [-0.25, -0.2) is 8.42 Å². The summed E-state index contributed by atoms with van der Waals surface area (Å²) >= 11 is 0. The smallest absolute Gasteiger partial charge is 0.322 e. The lowest BCUT2D eigenvalue weighted by Crippen LogP contribution is -2.44. The number of rotatable bonds is 6. The lowest BCUT2D eigenvalue weighted by atomic mass is 10.0. The predicted molar refractivity (Wildman–Crippen MR) is 62.2 cm³/mol. The molecule has 0 spiro atoms. The van der Waals surface area contributed by atoms with Crippen LogP contribution in [0.3, 0.4) is 0 Å². The quantitative estimate of drug-likeness (QED) is 0.691. The SMILES string of the molecule is CCOCCS(=O)(=O)N1CCC(C)C1C(=O)O. The maximum Gasteiger partial charge on any atom is 0.322 e. The van der Waals surface area contributed by atoms with Crippen LogP contribution in [0.15, 0.2) is 0 Å². The van der Waals surface area contributed by atoms with Crippen LogP contribution in [0, 0.1) is 5.92 Å². The van der Waals surface area contributed by atoms with Crippen molar-refractivity contribution in [3.8, 4) is 0 Å². The van der Waals surface area contributed by atoms with Gasteiger partial charge in [-0.05, 0) is 19.3 Å². The van der Waals surface area contributed by atoms with Gasteiger partial charge in [0.25, 0.3) is 0 Å². The number of aliphatic carboxylic acids is 1. The molecular formula is C10H19NO5S. The summed E-state index contributed by atoms with van der Waals surface area (Å²) in [5.74, 6) is -1.37. The van der Waals surface area contributed by atoms with Crippen molar-refractivity contribution in [2.75, 3.05) is 25.5 Å². The zero-order valence-electron chi connectivity index (χ0n) is 10.1. The molecule has 1 aliphatic rings. The number of carbonyl (C=O) groups is 1. The van der Waals surface area contributed by atoms with Gasteiger partial charge < -0.3 is 9.84 Å². The van der Waals surface area contributed by atoms with Crippen LogP contribution in [0.1, 0.15) is 20.3 Å². The van der Waals surface area contributed by atoms with Crippen molar-refractivity contribution in [3.63, 3.8) is 0 Å². The molecule has 1 heterocycles. The van der Waals surface area contributed by atoms with E-state index in [0.29, 0.717) is 13.0 Å². The minimum absolute atomic E-state index is 0.107. The summed E-state index contributed by atoms with van der Waals surface area (Å²) in [7, 11) is -3.53. The van der Waals surface area contributed by atoms with Crippen molar-refractivity contribution < 1.29 is 23.1 Å². The molecule has 2 unspecified atom stereocenters. The predicted octanol–water partition coefficient (Wildman–Crippen LogP) is 0.148. The Hall–Kier alpha value is -0.660. The third-order valence-electron chi connectivity index (χ3n) is 2.95. The molecule has 0 amide bonds. The monoisotopic (exact) mass is 265 g/mol. The molecule has 2 atom stereocenters. The van der Waals surface area contributed by atoms with Gasteiger partial charge in [-0.1, -0.05) is 6.92 Å². The summed E-state index contributed by atoms with van der Waals surface area (Å²) in [6, 6.07) is -0.929. The zero-order chi connectivity index (χ0) is 13.1. The van der Waals surface area contributed by atoms with Gasteiger partial charge >= 0.3 is 5.97 Å². The molecule has 6 nitrogen and oxygen atoms in total. The van der Waals surface area contributed by atoms with Crippen LogP contribution in [0.4, 0.5) is 0 Å². The second-order valence-electron chi connectivity index (χ2n) is 4.17. The molecule has 1 rings (SSSR count). The van der Waals surface area contributed by atoms with Crippen molar-refractivity contribution in [1.82, 2.24) is 4.31 Å². The lowest BCUT2D eigenvalue weighted by molar-refractivity contribution is -0.141. The van der Waals surface area contributed by atoms with Crippen LogP contribution < -0.4 is 0 Å². The molecule has 1 saturated heterocycles. The first-order chi connectivity index (χ1) is 7.90. The van der Waals surface area contributed by atoms with E-state index in [2.05, 4.69) is 0 Å². The fourth-order valence-corrected chi connectivity index (χ4v) is 3.61. The Bertz CT molecular complexity index is 367. The molecule has 0 saturated carbocycles. The molecule has 0 aliphatic carbocycles. The van der Waals surface area contributed by atoms with Crippen molar-refractivity contribution in [3.05, 3.63) is 0 Å². The molecule has 0 aromatic carbocycles. The van der Waals surface area contributed by atoms with Crippen LogP contribution in [0.25, 0.3) is 0 Å². The normalized spacial score (nSPS) is 26.2. The van der Waals surface area contributed by atoms with Crippen LogP contribution in [-0.2, 0) is 19.6 Å². The molecule has 0 radical (unpaired) electrons. The van der Waals surface area contributed by atoms with E-state index in [9.17, 15) is 13.2 Å². The highest BCUT2D eigenvalue weighted by Crippen LogP contribution is 2.27. The van der Waals surface area contributed by atoms with Gasteiger partial charge in [0, 0.05) is 13.2 Å². The summed E-state index contributed by atoms with van der Waals surface area (Å²) < 4.78 is 30.0. The van der Waals surface area contributed by atoms with E-state index in [-0.39, 0.29) is 24.8 Å². The fraction of sp³-hybridized carbons (Fsp3) is 0.900. The second-order valence-corrected chi connectivity index (χ2v) is 6.21. The van der Waals surface area contributed by atoms with E-state index in [1.54, 1.807) is 13.8 Å². The summed E-state index contributed by atoms with van der Waals surface area (Å²) in [5.41, 5.74) is 0. The highest BCUT2D eigenvalue weighted by atomic mass is 32.2. The molecule has 0 bridgehead atoms. The first-order valence-corrected chi connectivity index (χ1v) is 7.31. The van der Waals surface area contributed by atoms with E-state index in [0.717, 1.165) is 4.31 Å². The van der Waals surface area contributed by atoms with Crippen molar-refractivity contribution >= 4 is 16.0 Å². The Labute approximate surface area is 102 Å². The Morgan fingerprint density at radius 3 is 2.71 bits per heavy atom. The van der Waals surface area contributed by atoms with Crippen molar-refractivity contribution in [2.24, 2.45) is 5.92 Å². The number of carboxylic acids is 1. The van der Waals surface area contributed by atoms with Crippen molar-refractivity contribution in [2.45, 2.75) is 26.3 Å². The summed E-state index contributed by atoms with van der Waals surface area (Å²) in [6.45, 7) is 4.39. The van der Waals surface area contributed by atoms with E-state index in [4.69, 9.17) is 9.84 Å². The van der Waals surface area contributed by atoms with E-state index >= 15 is 0 Å². The molecule has 1 N–H and O–H groups in total. The van der Waals surface area contributed by atoms with Gasteiger partial charge in [0.1, 0.15) is 6.04 Å².